The van der Waals surface area contributed by atoms with E-state index in [4.69, 9.17) is 27.6 Å². The van der Waals surface area contributed by atoms with Crippen molar-refractivity contribution in [1.29, 1.82) is 0 Å². The van der Waals surface area contributed by atoms with Crippen LogP contribution in [0.4, 0.5) is 11.7 Å². The van der Waals surface area contributed by atoms with Gasteiger partial charge in [-0.2, -0.15) is 4.98 Å². The van der Waals surface area contributed by atoms with Crippen LogP contribution < -0.4 is 10.6 Å². The van der Waals surface area contributed by atoms with Crippen molar-refractivity contribution in [3.05, 3.63) is 62.6 Å². The fourth-order valence-electron chi connectivity index (χ4n) is 1.77. The SMILES string of the molecule is O=C(Nc1ccc(Cl)c(Cl)c1)c1coc(NC(=O)c2cccs2)n1. The van der Waals surface area contributed by atoms with Crippen LogP contribution in [0.3, 0.4) is 0 Å². The lowest BCUT2D eigenvalue weighted by Gasteiger charge is -2.04. The van der Waals surface area contributed by atoms with E-state index in [1.54, 1.807) is 29.6 Å². The first-order chi connectivity index (χ1) is 11.5. The Morgan fingerprint density at radius 3 is 2.62 bits per heavy atom. The summed E-state index contributed by atoms with van der Waals surface area (Å²) < 4.78 is 5.09. The molecule has 0 saturated carbocycles. The van der Waals surface area contributed by atoms with Gasteiger partial charge in [0.2, 0.25) is 0 Å². The highest BCUT2D eigenvalue weighted by Gasteiger charge is 2.15. The molecule has 2 aromatic heterocycles. The molecule has 0 aliphatic carbocycles. The number of oxazole rings is 1. The van der Waals surface area contributed by atoms with Crippen molar-refractivity contribution in [2.45, 2.75) is 0 Å². The van der Waals surface area contributed by atoms with Gasteiger partial charge >= 0.3 is 6.01 Å². The van der Waals surface area contributed by atoms with Gasteiger partial charge in [0.1, 0.15) is 6.26 Å². The number of halogens is 2. The molecule has 0 bridgehead atoms. The molecule has 122 valence electrons. The van der Waals surface area contributed by atoms with Crippen molar-refractivity contribution < 1.29 is 14.0 Å². The zero-order valence-corrected chi connectivity index (χ0v) is 14.2. The quantitative estimate of drug-likeness (QED) is 0.694. The van der Waals surface area contributed by atoms with Crippen LogP contribution in [-0.4, -0.2) is 16.8 Å². The van der Waals surface area contributed by atoms with E-state index in [1.165, 1.54) is 17.4 Å². The molecule has 6 nitrogen and oxygen atoms in total. The van der Waals surface area contributed by atoms with E-state index in [1.807, 2.05) is 0 Å². The van der Waals surface area contributed by atoms with Gasteiger partial charge in [0.15, 0.2) is 5.69 Å². The summed E-state index contributed by atoms with van der Waals surface area (Å²) in [6.45, 7) is 0. The van der Waals surface area contributed by atoms with Crippen molar-refractivity contribution in [1.82, 2.24) is 4.98 Å². The van der Waals surface area contributed by atoms with E-state index in [9.17, 15) is 9.59 Å². The number of benzene rings is 1. The second-order valence-corrected chi connectivity index (χ2v) is 6.31. The largest absolute Gasteiger partial charge is 0.431 e. The monoisotopic (exact) mass is 381 g/mol. The van der Waals surface area contributed by atoms with Crippen molar-refractivity contribution >= 4 is 58.1 Å². The van der Waals surface area contributed by atoms with Gasteiger partial charge in [-0.25, -0.2) is 0 Å². The number of aromatic nitrogens is 1. The van der Waals surface area contributed by atoms with E-state index < -0.39 is 5.91 Å². The van der Waals surface area contributed by atoms with Gasteiger partial charge in [0.25, 0.3) is 11.8 Å². The fourth-order valence-corrected chi connectivity index (χ4v) is 2.69. The lowest BCUT2D eigenvalue weighted by molar-refractivity contribution is 0.101. The first-order valence-corrected chi connectivity index (χ1v) is 8.23. The van der Waals surface area contributed by atoms with E-state index in [2.05, 4.69) is 15.6 Å². The van der Waals surface area contributed by atoms with Crippen molar-refractivity contribution in [2.75, 3.05) is 10.6 Å². The van der Waals surface area contributed by atoms with Crippen molar-refractivity contribution in [3.8, 4) is 0 Å². The number of nitrogens with zero attached hydrogens (tertiary/aromatic N) is 1. The van der Waals surface area contributed by atoms with Crippen LogP contribution in [0.5, 0.6) is 0 Å². The predicted molar refractivity (Wildman–Crippen MR) is 93.2 cm³/mol. The molecule has 2 heterocycles. The summed E-state index contributed by atoms with van der Waals surface area (Å²) in [7, 11) is 0. The van der Waals surface area contributed by atoms with Gasteiger partial charge in [-0.05, 0) is 29.6 Å². The molecule has 2 N–H and O–H groups in total. The molecule has 24 heavy (non-hydrogen) atoms. The summed E-state index contributed by atoms with van der Waals surface area (Å²) >= 11 is 13.0. The van der Waals surface area contributed by atoms with E-state index in [0.29, 0.717) is 20.6 Å². The molecule has 1 aromatic carbocycles. The van der Waals surface area contributed by atoms with Crippen LogP contribution in [0, 0.1) is 0 Å². The first kappa shape index (κ1) is 16.5. The fraction of sp³-hybridized carbons (Fsp3) is 0. The minimum absolute atomic E-state index is 0.0163. The van der Waals surface area contributed by atoms with Crippen LogP contribution in [0.15, 0.2) is 46.4 Å². The second kappa shape index (κ2) is 7.04. The van der Waals surface area contributed by atoms with Crippen LogP contribution in [0.2, 0.25) is 10.0 Å². The molecular weight excluding hydrogens is 373 g/mol. The molecule has 0 radical (unpaired) electrons. The lowest BCUT2D eigenvalue weighted by Crippen LogP contribution is -2.13. The smallest absolute Gasteiger partial charge is 0.302 e. The van der Waals surface area contributed by atoms with Gasteiger partial charge < -0.3 is 9.73 Å². The highest BCUT2D eigenvalue weighted by molar-refractivity contribution is 7.12. The maximum absolute atomic E-state index is 12.1. The average molecular weight is 382 g/mol. The third-order valence-corrected chi connectivity index (χ3v) is 4.49. The third-order valence-electron chi connectivity index (χ3n) is 2.88. The van der Waals surface area contributed by atoms with Gasteiger partial charge in [-0.3, -0.25) is 14.9 Å². The maximum Gasteiger partial charge on any atom is 0.302 e. The average Bonchev–Trinajstić information content (AvgIpc) is 3.22. The predicted octanol–water partition coefficient (Wildman–Crippen LogP) is 4.55. The maximum atomic E-state index is 12.1. The molecule has 3 aromatic rings. The highest BCUT2D eigenvalue weighted by Crippen LogP contribution is 2.25. The van der Waals surface area contributed by atoms with Gasteiger partial charge in [-0.1, -0.05) is 29.3 Å². The summed E-state index contributed by atoms with van der Waals surface area (Å²) in [6.07, 6.45) is 1.15. The summed E-state index contributed by atoms with van der Waals surface area (Å²) in [5.41, 5.74) is 0.476. The number of amides is 2. The van der Waals surface area contributed by atoms with Crippen LogP contribution in [0.25, 0.3) is 0 Å². The van der Waals surface area contributed by atoms with E-state index in [-0.39, 0.29) is 17.6 Å². The van der Waals surface area contributed by atoms with Crippen LogP contribution >= 0.6 is 34.5 Å². The molecule has 0 aliphatic heterocycles. The number of anilines is 2. The standard InChI is InChI=1S/C15H9Cl2N3O3S/c16-9-4-3-8(6-10(9)17)18-13(21)11-7-23-15(19-11)20-14(22)12-2-1-5-24-12/h1-7H,(H,18,21)(H,19,20,22). The summed E-state index contributed by atoms with van der Waals surface area (Å²) in [4.78, 5) is 28.4. The second-order valence-electron chi connectivity index (χ2n) is 4.55. The highest BCUT2D eigenvalue weighted by atomic mass is 35.5. The van der Waals surface area contributed by atoms with Crippen LogP contribution in [-0.2, 0) is 0 Å². The van der Waals surface area contributed by atoms with Crippen LogP contribution in [0.1, 0.15) is 20.2 Å². The Morgan fingerprint density at radius 2 is 1.92 bits per heavy atom. The minimum atomic E-state index is -0.506. The molecule has 0 saturated heterocycles. The lowest BCUT2D eigenvalue weighted by atomic mass is 10.3. The van der Waals surface area contributed by atoms with E-state index in [0.717, 1.165) is 6.26 Å². The molecular formula is C15H9Cl2N3O3S. The number of nitrogens with one attached hydrogen (secondary N) is 2. The van der Waals surface area contributed by atoms with Crippen molar-refractivity contribution in [2.24, 2.45) is 0 Å². The number of carbonyl (C=O) groups is 2. The Balaban J connectivity index is 1.67. The molecule has 0 atom stereocenters. The number of rotatable bonds is 4. The Hall–Kier alpha value is -2.35. The molecule has 0 unspecified atom stereocenters. The summed E-state index contributed by atoms with van der Waals surface area (Å²) in [5, 5.41) is 7.56. The molecule has 3 rings (SSSR count). The molecule has 0 fully saturated rings. The normalized spacial score (nSPS) is 10.4. The Labute approximate surface area is 150 Å². The topological polar surface area (TPSA) is 84.2 Å². The third kappa shape index (κ3) is 3.76. The first-order valence-electron chi connectivity index (χ1n) is 6.60. The Bertz CT molecular complexity index is 893. The molecule has 2 amide bonds. The molecule has 9 heteroatoms. The van der Waals surface area contributed by atoms with Gasteiger partial charge in [-0.15, -0.1) is 11.3 Å². The van der Waals surface area contributed by atoms with Crippen molar-refractivity contribution in [3.63, 3.8) is 0 Å². The Kier molecular flexibility index (Phi) is 4.84. The molecule has 0 spiro atoms. The summed E-state index contributed by atoms with van der Waals surface area (Å²) in [5.74, 6) is -0.864. The Morgan fingerprint density at radius 1 is 1.08 bits per heavy atom. The number of carbonyl (C=O) groups excluding carboxylic acids is 2. The molecule has 0 aliphatic rings. The zero-order valence-electron chi connectivity index (χ0n) is 11.9. The zero-order chi connectivity index (χ0) is 17.1. The number of thiophene rings is 1. The van der Waals surface area contributed by atoms with Gasteiger partial charge in [0, 0.05) is 5.69 Å². The minimum Gasteiger partial charge on any atom is -0.431 e. The number of hydrogen-bond donors (Lipinski definition) is 2. The van der Waals surface area contributed by atoms with E-state index >= 15 is 0 Å². The number of hydrogen-bond acceptors (Lipinski definition) is 5. The summed E-state index contributed by atoms with van der Waals surface area (Å²) in [6, 6.07) is 8.04. The van der Waals surface area contributed by atoms with Gasteiger partial charge in [0.05, 0.1) is 14.9 Å².